The zero-order valence-corrected chi connectivity index (χ0v) is 14.7. The maximum Gasteiger partial charge on any atom is 0.253 e. The van der Waals surface area contributed by atoms with E-state index >= 15 is 0 Å². The summed E-state index contributed by atoms with van der Waals surface area (Å²) in [6, 6.07) is 10.8. The van der Waals surface area contributed by atoms with E-state index in [1.165, 1.54) is 11.3 Å². The predicted molar refractivity (Wildman–Crippen MR) is 98.6 cm³/mol. The molecule has 2 N–H and O–H groups in total. The topological polar surface area (TPSA) is 99.8 Å². The van der Waals surface area contributed by atoms with Crippen LogP contribution in [-0.4, -0.2) is 27.9 Å². The van der Waals surface area contributed by atoms with Gasteiger partial charge in [0, 0.05) is 30.4 Å². The van der Waals surface area contributed by atoms with Crippen molar-refractivity contribution in [3.05, 3.63) is 59.2 Å². The molecule has 0 spiro atoms. The molecule has 2 heterocycles. The first-order valence-electron chi connectivity index (χ1n) is 7.71. The van der Waals surface area contributed by atoms with Crippen LogP contribution in [0.1, 0.15) is 15.9 Å². The highest BCUT2D eigenvalue weighted by Gasteiger charge is 2.11. The fourth-order valence-electron chi connectivity index (χ4n) is 2.28. The number of aromatic nitrogens is 2. The quantitative estimate of drug-likeness (QED) is 0.725. The lowest BCUT2D eigenvalue weighted by molar-refractivity contribution is -0.115. The van der Waals surface area contributed by atoms with Crippen LogP contribution in [0.2, 0.25) is 0 Å². The second-order valence-corrected chi connectivity index (χ2v) is 6.39. The number of nitrogens with zero attached hydrogens (tertiary/aromatic N) is 3. The third kappa shape index (κ3) is 4.15. The number of anilines is 1. The van der Waals surface area contributed by atoms with Crippen molar-refractivity contribution in [1.82, 2.24) is 14.9 Å². The van der Waals surface area contributed by atoms with Gasteiger partial charge >= 0.3 is 0 Å². The Morgan fingerprint density at radius 3 is 2.92 bits per heavy atom. The Bertz CT molecular complexity index is 999. The molecule has 0 fully saturated rings. The van der Waals surface area contributed by atoms with Gasteiger partial charge in [-0.1, -0.05) is 12.1 Å². The number of carbonyl (C=O) groups excluding carboxylic acids is 2. The molecule has 3 aromatic rings. The molecule has 26 heavy (non-hydrogen) atoms. The molecule has 7 nitrogen and oxygen atoms in total. The second kappa shape index (κ2) is 7.63. The fraction of sp³-hybridized carbons (Fsp3) is 0.111. The summed E-state index contributed by atoms with van der Waals surface area (Å²) in [6.45, 7) is -0.146. The van der Waals surface area contributed by atoms with Crippen LogP contribution >= 0.6 is 11.3 Å². The number of nitriles is 1. The summed E-state index contributed by atoms with van der Waals surface area (Å²) in [5.41, 5.74) is 2.52. The lowest BCUT2D eigenvalue weighted by Gasteiger charge is -2.03. The number of rotatable bonds is 5. The van der Waals surface area contributed by atoms with Gasteiger partial charge < -0.3 is 15.2 Å². The maximum absolute atomic E-state index is 12.0. The molecule has 0 radical (unpaired) electrons. The molecule has 3 rings (SSSR count). The highest BCUT2D eigenvalue weighted by atomic mass is 32.1. The van der Waals surface area contributed by atoms with E-state index in [2.05, 4.69) is 21.7 Å². The molecule has 0 unspecified atom stereocenters. The summed E-state index contributed by atoms with van der Waals surface area (Å²) in [6.07, 6.45) is 3.43. The van der Waals surface area contributed by atoms with Crippen molar-refractivity contribution in [2.75, 3.05) is 11.9 Å². The molecule has 2 aromatic heterocycles. The molecular weight excluding hydrogens is 350 g/mol. The van der Waals surface area contributed by atoms with Crippen LogP contribution in [0.25, 0.3) is 11.3 Å². The number of thiazole rings is 1. The third-order valence-electron chi connectivity index (χ3n) is 3.54. The van der Waals surface area contributed by atoms with Crippen molar-refractivity contribution in [3.63, 3.8) is 0 Å². The minimum atomic E-state index is -0.360. The molecule has 130 valence electrons. The molecule has 0 bridgehead atoms. The monoisotopic (exact) mass is 365 g/mol. The van der Waals surface area contributed by atoms with Gasteiger partial charge in [-0.2, -0.15) is 5.26 Å². The van der Waals surface area contributed by atoms with E-state index in [0.29, 0.717) is 22.0 Å². The van der Waals surface area contributed by atoms with E-state index in [4.69, 9.17) is 5.26 Å². The zero-order valence-electron chi connectivity index (χ0n) is 13.9. The molecule has 0 saturated heterocycles. The van der Waals surface area contributed by atoms with Gasteiger partial charge in [-0.05, 0) is 18.2 Å². The van der Waals surface area contributed by atoms with Crippen LogP contribution in [-0.2, 0) is 11.8 Å². The number of carbonyl (C=O) groups is 2. The van der Waals surface area contributed by atoms with Gasteiger partial charge in [0.25, 0.3) is 5.91 Å². The first-order valence-corrected chi connectivity index (χ1v) is 8.59. The zero-order chi connectivity index (χ0) is 18.5. The summed E-state index contributed by atoms with van der Waals surface area (Å²) in [4.78, 5) is 28.3. The van der Waals surface area contributed by atoms with Gasteiger partial charge in [-0.15, -0.1) is 11.3 Å². The van der Waals surface area contributed by atoms with E-state index in [0.717, 1.165) is 5.56 Å². The number of benzene rings is 1. The third-order valence-corrected chi connectivity index (χ3v) is 4.30. The Labute approximate surface area is 153 Å². The van der Waals surface area contributed by atoms with Crippen LogP contribution in [0.4, 0.5) is 5.13 Å². The van der Waals surface area contributed by atoms with Gasteiger partial charge in [-0.3, -0.25) is 9.59 Å². The van der Waals surface area contributed by atoms with Crippen molar-refractivity contribution < 1.29 is 9.59 Å². The first kappa shape index (κ1) is 17.4. The minimum absolute atomic E-state index is 0.146. The Balaban J connectivity index is 1.57. The number of amides is 2. The van der Waals surface area contributed by atoms with Gasteiger partial charge in [-0.25, -0.2) is 4.98 Å². The summed E-state index contributed by atoms with van der Waals surface area (Å²) >= 11 is 1.28. The van der Waals surface area contributed by atoms with Crippen molar-refractivity contribution in [2.24, 2.45) is 7.05 Å². The van der Waals surface area contributed by atoms with Crippen molar-refractivity contribution in [2.45, 2.75) is 0 Å². The lowest BCUT2D eigenvalue weighted by atomic mass is 10.1. The average Bonchev–Trinajstić information content (AvgIpc) is 3.29. The standard InChI is InChI=1S/C18H15N5O2S/c1-23-6-5-14(10-23)17(25)20-9-16(24)22-18-21-15(11-26-18)13-4-2-3-12(7-13)8-19/h2-7,10-11H,9H2,1H3,(H,20,25)(H,21,22,24). The van der Waals surface area contributed by atoms with Crippen molar-refractivity contribution in [1.29, 1.82) is 5.26 Å². The van der Waals surface area contributed by atoms with Crippen LogP contribution < -0.4 is 10.6 Å². The van der Waals surface area contributed by atoms with Gasteiger partial charge in [0.2, 0.25) is 5.91 Å². The molecule has 0 saturated carbocycles. The molecular formula is C18H15N5O2S. The van der Waals surface area contributed by atoms with Crippen molar-refractivity contribution in [3.8, 4) is 17.3 Å². The minimum Gasteiger partial charge on any atom is -0.356 e. The Kier molecular flexibility index (Phi) is 5.10. The van der Waals surface area contributed by atoms with Crippen molar-refractivity contribution >= 4 is 28.3 Å². The molecule has 8 heteroatoms. The normalized spacial score (nSPS) is 10.2. The first-order chi connectivity index (χ1) is 12.5. The van der Waals surface area contributed by atoms with Gasteiger partial charge in [0.05, 0.1) is 29.4 Å². The second-order valence-electron chi connectivity index (χ2n) is 5.53. The van der Waals surface area contributed by atoms with E-state index in [1.54, 1.807) is 46.6 Å². The molecule has 0 atom stereocenters. The summed E-state index contributed by atoms with van der Waals surface area (Å²) < 4.78 is 1.76. The number of nitrogens with one attached hydrogen (secondary N) is 2. The SMILES string of the molecule is Cn1ccc(C(=O)NCC(=O)Nc2nc(-c3cccc(C#N)c3)cs2)c1. The largest absolute Gasteiger partial charge is 0.356 e. The fourth-order valence-corrected chi connectivity index (χ4v) is 3.01. The molecule has 0 aliphatic heterocycles. The van der Waals surface area contributed by atoms with E-state index in [9.17, 15) is 9.59 Å². The van der Waals surface area contributed by atoms with E-state index in [-0.39, 0.29) is 18.4 Å². The summed E-state index contributed by atoms with van der Waals surface area (Å²) in [7, 11) is 1.82. The van der Waals surface area contributed by atoms with Crippen LogP contribution in [0, 0.1) is 11.3 Å². The Morgan fingerprint density at radius 2 is 2.19 bits per heavy atom. The van der Waals surface area contributed by atoms with Crippen LogP contribution in [0.15, 0.2) is 48.1 Å². The Hall–Kier alpha value is -3.44. The molecule has 2 amide bonds. The predicted octanol–water partition coefficient (Wildman–Crippen LogP) is 2.39. The Morgan fingerprint density at radius 1 is 1.35 bits per heavy atom. The average molecular weight is 365 g/mol. The highest BCUT2D eigenvalue weighted by molar-refractivity contribution is 7.14. The summed E-state index contributed by atoms with van der Waals surface area (Å²) in [5, 5.41) is 16.4. The maximum atomic E-state index is 12.0. The number of hydrogen-bond acceptors (Lipinski definition) is 5. The highest BCUT2D eigenvalue weighted by Crippen LogP contribution is 2.25. The molecule has 0 aliphatic rings. The van der Waals surface area contributed by atoms with E-state index < -0.39 is 0 Å². The number of aryl methyl sites for hydroxylation is 1. The van der Waals surface area contributed by atoms with Crippen LogP contribution in [0.5, 0.6) is 0 Å². The molecule has 0 aliphatic carbocycles. The lowest BCUT2D eigenvalue weighted by Crippen LogP contribution is -2.32. The summed E-state index contributed by atoms with van der Waals surface area (Å²) in [5.74, 6) is -0.671. The molecule has 1 aromatic carbocycles. The van der Waals surface area contributed by atoms with E-state index in [1.807, 2.05) is 13.1 Å². The number of hydrogen-bond donors (Lipinski definition) is 2. The van der Waals surface area contributed by atoms with Crippen LogP contribution in [0.3, 0.4) is 0 Å². The van der Waals surface area contributed by atoms with Gasteiger partial charge in [0.15, 0.2) is 5.13 Å². The van der Waals surface area contributed by atoms with Gasteiger partial charge in [0.1, 0.15) is 0 Å². The smallest absolute Gasteiger partial charge is 0.253 e.